The Kier molecular flexibility index (Phi) is 7.04. The van der Waals surface area contributed by atoms with Crippen molar-refractivity contribution in [2.45, 2.75) is 11.8 Å². The number of rotatable bonds is 6. The third kappa shape index (κ3) is 5.49. The zero-order chi connectivity index (χ0) is 24.1. The number of nitrogens with zero attached hydrogens (tertiary/aromatic N) is 3. The molecule has 1 aliphatic heterocycles. The molecule has 1 saturated heterocycles. The van der Waals surface area contributed by atoms with E-state index in [-0.39, 0.29) is 42.7 Å². The van der Waals surface area contributed by atoms with E-state index < -0.39 is 15.8 Å². The Hall–Kier alpha value is -3.56. The zero-order valence-electron chi connectivity index (χ0n) is 18.6. The molecular formula is C25H24FN3O4S. The van der Waals surface area contributed by atoms with Gasteiger partial charge in [0, 0.05) is 38.5 Å². The summed E-state index contributed by atoms with van der Waals surface area (Å²) in [6.07, 6.45) is 5.96. The third-order valence-corrected chi connectivity index (χ3v) is 7.36. The van der Waals surface area contributed by atoms with Crippen LogP contribution in [0.5, 0.6) is 11.5 Å². The summed E-state index contributed by atoms with van der Waals surface area (Å²) in [6.45, 7) is 2.88. The lowest BCUT2D eigenvalue weighted by molar-refractivity contribution is -0.127. The molecule has 0 saturated carbocycles. The number of carbonyl (C=O) groups is 1. The quantitative estimate of drug-likeness (QED) is 0.500. The summed E-state index contributed by atoms with van der Waals surface area (Å²) in [5, 5.41) is 0. The fourth-order valence-corrected chi connectivity index (χ4v) is 4.94. The van der Waals surface area contributed by atoms with Crippen LogP contribution in [0.4, 0.5) is 4.39 Å². The van der Waals surface area contributed by atoms with Crippen LogP contribution in [0.1, 0.15) is 11.1 Å². The number of hydrogen-bond donors (Lipinski definition) is 0. The number of aromatic nitrogens is 1. The van der Waals surface area contributed by atoms with Gasteiger partial charge in [0.15, 0.2) is 11.6 Å². The lowest BCUT2D eigenvalue weighted by Gasteiger charge is -2.33. The van der Waals surface area contributed by atoms with Crippen LogP contribution in [-0.4, -0.2) is 54.7 Å². The second-order valence-corrected chi connectivity index (χ2v) is 9.79. The molecule has 3 aromatic rings. The van der Waals surface area contributed by atoms with Gasteiger partial charge >= 0.3 is 0 Å². The SMILES string of the molecule is Cc1ccc(S(=O)(=O)N2CCN(C(=O)/C=C/c3ccc(Oc4cccnc4)c(F)c3)CC2)cc1. The van der Waals surface area contributed by atoms with Gasteiger partial charge in [0.2, 0.25) is 15.9 Å². The minimum Gasteiger partial charge on any atom is -0.453 e. The molecule has 0 aliphatic carbocycles. The maximum absolute atomic E-state index is 14.4. The van der Waals surface area contributed by atoms with Gasteiger partial charge in [-0.1, -0.05) is 23.8 Å². The summed E-state index contributed by atoms with van der Waals surface area (Å²) in [7, 11) is -3.59. The van der Waals surface area contributed by atoms with Crippen molar-refractivity contribution < 1.29 is 22.3 Å². The predicted molar refractivity (Wildman–Crippen MR) is 126 cm³/mol. The molecule has 2 heterocycles. The number of amides is 1. The molecule has 34 heavy (non-hydrogen) atoms. The fourth-order valence-electron chi connectivity index (χ4n) is 3.52. The Morgan fingerprint density at radius 2 is 1.79 bits per heavy atom. The maximum atomic E-state index is 14.4. The number of piperazine rings is 1. The highest BCUT2D eigenvalue weighted by molar-refractivity contribution is 7.89. The summed E-state index contributed by atoms with van der Waals surface area (Å²) < 4.78 is 46.9. The van der Waals surface area contributed by atoms with Crippen molar-refractivity contribution in [2.75, 3.05) is 26.2 Å². The molecule has 1 aliphatic rings. The van der Waals surface area contributed by atoms with Crippen molar-refractivity contribution in [2.24, 2.45) is 0 Å². The van der Waals surface area contributed by atoms with Crippen LogP contribution < -0.4 is 4.74 Å². The highest BCUT2D eigenvalue weighted by atomic mass is 32.2. The van der Waals surface area contributed by atoms with Crippen LogP contribution in [0, 0.1) is 12.7 Å². The molecule has 1 fully saturated rings. The number of carbonyl (C=O) groups excluding carboxylic acids is 1. The van der Waals surface area contributed by atoms with Crippen LogP contribution in [0.25, 0.3) is 6.08 Å². The van der Waals surface area contributed by atoms with Crippen molar-refractivity contribution in [1.29, 1.82) is 0 Å². The van der Waals surface area contributed by atoms with Crippen LogP contribution in [-0.2, 0) is 14.8 Å². The maximum Gasteiger partial charge on any atom is 0.246 e. The zero-order valence-corrected chi connectivity index (χ0v) is 19.4. The van der Waals surface area contributed by atoms with E-state index in [1.807, 2.05) is 6.92 Å². The molecule has 7 nitrogen and oxygen atoms in total. The van der Waals surface area contributed by atoms with E-state index in [2.05, 4.69) is 4.98 Å². The van der Waals surface area contributed by atoms with E-state index in [1.165, 1.54) is 34.8 Å². The highest BCUT2D eigenvalue weighted by Gasteiger charge is 2.29. The number of aryl methyl sites for hydroxylation is 1. The Labute approximate surface area is 198 Å². The van der Waals surface area contributed by atoms with E-state index in [0.29, 0.717) is 11.3 Å². The van der Waals surface area contributed by atoms with Gasteiger partial charge in [0.25, 0.3) is 0 Å². The molecule has 0 radical (unpaired) electrons. The minimum absolute atomic E-state index is 0.0578. The number of halogens is 1. The Morgan fingerprint density at radius 1 is 1.06 bits per heavy atom. The lowest BCUT2D eigenvalue weighted by atomic mass is 10.2. The lowest BCUT2D eigenvalue weighted by Crippen LogP contribution is -2.50. The van der Waals surface area contributed by atoms with Gasteiger partial charge in [0.1, 0.15) is 5.75 Å². The predicted octanol–water partition coefficient (Wildman–Crippen LogP) is 3.87. The first-order valence-electron chi connectivity index (χ1n) is 10.7. The van der Waals surface area contributed by atoms with Crippen LogP contribution in [0.15, 0.2) is 78.0 Å². The number of sulfonamides is 1. The largest absolute Gasteiger partial charge is 0.453 e. The summed E-state index contributed by atoms with van der Waals surface area (Å²) in [6, 6.07) is 14.5. The summed E-state index contributed by atoms with van der Waals surface area (Å²) in [5.41, 5.74) is 1.49. The van der Waals surface area contributed by atoms with Gasteiger partial charge in [0.05, 0.1) is 11.1 Å². The molecule has 2 aromatic carbocycles. The topological polar surface area (TPSA) is 79.8 Å². The van der Waals surface area contributed by atoms with Crippen LogP contribution in [0.3, 0.4) is 0 Å². The van der Waals surface area contributed by atoms with Gasteiger partial charge in [-0.25, -0.2) is 12.8 Å². The van der Waals surface area contributed by atoms with Crippen LogP contribution in [0.2, 0.25) is 0 Å². The minimum atomic E-state index is -3.59. The third-order valence-electron chi connectivity index (χ3n) is 5.45. The van der Waals surface area contributed by atoms with E-state index in [0.717, 1.165) is 5.56 Å². The Morgan fingerprint density at radius 3 is 2.44 bits per heavy atom. The Bertz CT molecular complexity index is 1290. The molecule has 0 spiro atoms. The van der Waals surface area contributed by atoms with Crippen molar-refractivity contribution in [3.05, 3.63) is 90.0 Å². The van der Waals surface area contributed by atoms with E-state index in [4.69, 9.17) is 4.74 Å². The van der Waals surface area contributed by atoms with Crippen molar-refractivity contribution in [3.63, 3.8) is 0 Å². The van der Waals surface area contributed by atoms with E-state index >= 15 is 0 Å². The van der Waals surface area contributed by atoms with Gasteiger partial charge in [-0.2, -0.15) is 4.31 Å². The smallest absolute Gasteiger partial charge is 0.246 e. The van der Waals surface area contributed by atoms with Crippen molar-refractivity contribution in [3.8, 4) is 11.5 Å². The molecule has 9 heteroatoms. The molecule has 4 rings (SSSR count). The molecule has 0 unspecified atom stereocenters. The number of ether oxygens (including phenoxy) is 1. The molecule has 0 N–H and O–H groups in total. The second kappa shape index (κ2) is 10.1. The first-order chi connectivity index (χ1) is 16.3. The van der Waals surface area contributed by atoms with E-state index in [9.17, 15) is 17.6 Å². The van der Waals surface area contributed by atoms with Gasteiger partial charge < -0.3 is 9.64 Å². The summed E-state index contributed by atoms with van der Waals surface area (Å²) >= 11 is 0. The molecular weight excluding hydrogens is 457 g/mol. The number of hydrogen-bond acceptors (Lipinski definition) is 5. The summed E-state index contributed by atoms with van der Waals surface area (Å²) in [4.78, 5) is 18.3. The molecule has 176 valence electrons. The normalized spacial score (nSPS) is 14.9. The van der Waals surface area contributed by atoms with Crippen molar-refractivity contribution in [1.82, 2.24) is 14.2 Å². The Balaban J connectivity index is 1.34. The van der Waals surface area contributed by atoms with Gasteiger partial charge in [-0.3, -0.25) is 9.78 Å². The molecule has 0 bridgehead atoms. The average Bonchev–Trinajstić information content (AvgIpc) is 2.85. The standard InChI is InChI=1S/C25H24FN3O4S/c1-19-4-8-22(9-5-19)34(31,32)29-15-13-28(14-16-29)25(30)11-7-20-6-10-24(23(26)17-20)33-21-3-2-12-27-18-21/h2-12,17-18H,13-16H2,1H3/b11-7+. The van der Waals surface area contributed by atoms with Crippen LogP contribution >= 0.6 is 0 Å². The second-order valence-electron chi connectivity index (χ2n) is 7.86. The monoisotopic (exact) mass is 481 g/mol. The number of pyridine rings is 1. The fraction of sp³-hybridized carbons (Fsp3) is 0.200. The summed E-state index contributed by atoms with van der Waals surface area (Å²) in [5.74, 6) is -0.345. The van der Waals surface area contributed by atoms with E-state index in [1.54, 1.807) is 53.6 Å². The first-order valence-corrected chi connectivity index (χ1v) is 12.2. The number of benzene rings is 2. The highest BCUT2D eigenvalue weighted by Crippen LogP contribution is 2.25. The van der Waals surface area contributed by atoms with Gasteiger partial charge in [-0.15, -0.1) is 0 Å². The average molecular weight is 482 g/mol. The first kappa shape index (κ1) is 23.6. The molecule has 1 amide bonds. The van der Waals surface area contributed by atoms with Gasteiger partial charge in [-0.05, 0) is 55.0 Å². The van der Waals surface area contributed by atoms with Crippen molar-refractivity contribution >= 4 is 22.0 Å². The molecule has 1 aromatic heterocycles. The molecule has 0 atom stereocenters.